The van der Waals surface area contributed by atoms with Crippen molar-refractivity contribution in [2.24, 2.45) is 5.73 Å². The fraction of sp³-hybridized carbons (Fsp3) is 0.833. The monoisotopic (exact) mass is 334 g/mol. The van der Waals surface area contributed by atoms with Gasteiger partial charge in [0.2, 0.25) is 0 Å². The van der Waals surface area contributed by atoms with Crippen LogP contribution in [0.2, 0.25) is 0 Å². The molecule has 0 aromatic rings. The molecule has 3 N–H and O–H groups in total. The smallest absolute Gasteiger partial charge is 0.307 e. The Morgan fingerprint density at radius 2 is 1.39 bits per heavy atom. The summed E-state index contributed by atoms with van der Waals surface area (Å²) in [4.78, 5) is 11.1. The van der Waals surface area contributed by atoms with Gasteiger partial charge in [-0.15, -0.1) is 13.2 Å². The van der Waals surface area contributed by atoms with Gasteiger partial charge in [0.15, 0.2) is 0 Å². The van der Waals surface area contributed by atoms with E-state index in [9.17, 15) is 4.79 Å². The zero-order valence-corrected chi connectivity index (χ0v) is 17.0. The van der Waals surface area contributed by atoms with E-state index >= 15 is 0 Å². The molecule has 0 rings (SSSR count). The van der Waals surface area contributed by atoms with E-state index < -0.39 is 0 Å². The van der Waals surface area contributed by atoms with Gasteiger partial charge in [-0.05, 0) is 41.5 Å². The van der Waals surface area contributed by atoms with Crippen LogP contribution in [0.15, 0.2) is 13.2 Å². The van der Waals surface area contributed by atoms with Crippen LogP contribution in [0.3, 0.4) is 0 Å². The summed E-state index contributed by atoms with van der Waals surface area (Å²) < 4.78 is 10.0. The molecule has 5 nitrogen and oxygen atoms in total. The maximum Gasteiger partial charge on any atom is 0.307 e. The number of hydrogen-bond acceptors (Lipinski definition) is 5. The molecule has 0 heterocycles. The van der Waals surface area contributed by atoms with Gasteiger partial charge in [0, 0.05) is 26.7 Å². The van der Waals surface area contributed by atoms with Gasteiger partial charge < -0.3 is 20.5 Å². The van der Waals surface area contributed by atoms with E-state index in [2.05, 4.69) is 18.5 Å². The van der Waals surface area contributed by atoms with Crippen LogP contribution in [0.4, 0.5) is 0 Å². The number of carbonyl (C=O) groups excluding carboxylic acids is 1. The lowest BCUT2D eigenvalue weighted by Crippen LogP contribution is -2.28. The van der Waals surface area contributed by atoms with Crippen LogP contribution in [-0.4, -0.2) is 43.9 Å². The Bertz CT molecular complexity index is 244. The molecule has 23 heavy (non-hydrogen) atoms. The number of nitrogens with one attached hydrogen (secondary N) is 1. The summed E-state index contributed by atoms with van der Waals surface area (Å²) in [5, 5.41) is 3.03. The Kier molecular flexibility index (Phi) is 25.0. The maximum absolute atomic E-state index is 11.1. The second-order valence-electron chi connectivity index (χ2n) is 6.19. The minimum atomic E-state index is -0.384. The van der Waals surface area contributed by atoms with E-state index in [1.165, 1.54) is 0 Å². The standard InChI is InChI=1S/C9H20N2O2.C5H12O.C2H6.C2H4/c1-9(2,3)13-8(12)4-6-11-7-5-10;1-5(2,3)6-4;2*1-2/h11H,4-7,10H2,1-3H3;1-4H3;1-2H3;1-2H2. The molecule has 0 aromatic heterocycles. The molecule has 0 saturated carbocycles. The molecule has 0 aliphatic rings. The normalized spacial score (nSPS) is 10.0. The topological polar surface area (TPSA) is 73.6 Å². The molecule has 0 bridgehead atoms. The average Bonchev–Trinajstić information content (AvgIpc) is 2.46. The second-order valence-corrected chi connectivity index (χ2v) is 6.19. The van der Waals surface area contributed by atoms with Gasteiger partial charge in [-0.1, -0.05) is 13.8 Å². The lowest BCUT2D eigenvalue weighted by atomic mass is 10.2. The predicted octanol–water partition coefficient (Wildman–Crippen LogP) is 3.53. The number of methoxy groups -OCH3 is 1. The van der Waals surface area contributed by atoms with Gasteiger partial charge in [0.1, 0.15) is 5.60 Å². The highest BCUT2D eigenvalue weighted by atomic mass is 16.6. The summed E-state index contributed by atoms with van der Waals surface area (Å²) >= 11 is 0. The van der Waals surface area contributed by atoms with Gasteiger partial charge in [0.25, 0.3) is 0 Å². The van der Waals surface area contributed by atoms with Crippen LogP contribution < -0.4 is 11.1 Å². The largest absolute Gasteiger partial charge is 0.460 e. The summed E-state index contributed by atoms with van der Waals surface area (Å²) in [5.41, 5.74) is 4.93. The molecule has 0 atom stereocenters. The van der Waals surface area contributed by atoms with Crippen molar-refractivity contribution in [1.82, 2.24) is 5.32 Å². The summed E-state index contributed by atoms with van der Waals surface area (Å²) in [5.74, 6) is -0.169. The van der Waals surface area contributed by atoms with Crippen LogP contribution in [0.5, 0.6) is 0 Å². The van der Waals surface area contributed by atoms with Crippen LogP contribution >= 0.6 is 0 Å². The van der Waals surface area contributed by atoms with E-state index in [4.69, 9.17) is 15.2 Å². The minimum Gasteiger partial charge on any atom is -0.460 e. The van der Waals surface area contributed by atoms with Crippen molar-refractivity contribution >= 4 is 5.97 Å². The Hall–Kier alpha value is -0.910. The van der Waals surface area contributed by atoms with Crippen LogP contribution in [0.1, 0.15) is 61.8 Å². The van der Waals surface area contributed by atoms with Crippen molar-refractivity contribution in [2.75, 3.05) is 26.7 Å². The number of ether oxygens (including phenoxy) is 2. The molecule has 0 aliphatic heterocycles. The van der Waals surface area contributed by atoms with Crippen molar-refractivity contribution in [3.63, 3.8) is 0 Å². The number of carbonyl (C=O) groups is 1. The van der Waals surface area contributed by atoms with Gasteiger partial charge in [-0.3, -0.25) is 4.79 Å². The third kappa shape index (κ3) is 44.9. The molecule has 0 spiro atoms. The van der Waals surface area contributed by atoms with Crippen LogP contribution in [-0.2, 0) is 14.3 Å². The molecule has 0 saturated heterocycles. The van der Waals surface area contributed by atoms with Gasteiger partial charge in [-0.2, -0.15) is 0 Å². The Balaban J connectivity index is -0.000000151. The molecule has 0 aliphatic carbocycles. The molecule has 5 heteroatoms. The highest BCUT2D eigenvalue weighted by molar-refractivity contribution is 5.70. The third-order valence-corrected chi connectivity index (χ3v) is 1.86. The van der Waals surface area contributed by atoms with Crippen molar-refractivity contribution < 1.29 is 14.3 Å². The van der Waals surface area contributed by atoms with Crippen LogP contribution in [0.25, 0.3) is 0 Å². The first-order chi connectivity index (χ1) is 10.5. The quantitative estimate of drug-likeness (QED) is 0.457. The lowest BCUT2D eigenvalue weighted by Gasteiger charge is -2.19. The fourth-order valence-corrected chi connectivity index (χ4v) is 0.810. The number of hydrogen-bond donors (Lipinski definition) is 2. The summed E-state index contributed by atoms with van der Waals surface area (Å²) in [6.07, 6.45) is 0.400. The minimum absolute atomic E-state index is 0.0417. The van der Waals surface area contributed by atoms with Crippen molar-refractivity contribution in [3.05, 3.63) is 13.2 Å². The van der Waals surface area contributed by atoms with E-state index in [-0.39, 0.29) is 17.2 Å². The first kappa shape index (κ1) is 30.0. The Morgan fingerprint density at radius 1 is 1.00 bits per heavy atom. The van der Waals surface area contributed by atoms with Gasteiger partial charge in [-0.25, -0.2) is 0 Å². The molecule has 0 fully saturated rings. The van der Waals surface area contributed by atoms with Gasteiger partial charge in [0.05, 0.1) is 12.0 Å². The van der Waals surface area contributed by atoms with E-state index in [0.29, 0.717) is 19.5 Å². The average molecular weight is 335 g/mol. The first-order valence-electron chi connectivity index (χ1n) is 8.19. The van der Waals surface area contributed by atoms with E-state index in [1.807, 2.05) is 55.4 Å². The van der Waals surface area contributed by atoms with Gasteiger partial charge >= 0.3 is 5.97 Å². The van der Waals surface area contributed by atoms with Crippen molar-refractivity contribution in [2.45, 2.75) is 73.0 Å². The zero-order chi connectivity index (χ0) is 19.5. The SMILES string of the molecule is C=C.CC.CC(C)(C)OC(=O)CCNCCN.COC(C)(C)C. The first-order valence-corrected chi connectivity index (χ1v) is 8.19. The van der Waals surface area contributed by atoms with E-state index in [1.54, 1.807) is 7.11 Å². The number of rotatable bonds is 5. The van der Waals surface area contributed by atoms with Crippen LogP contribution in [0, 0.1) is 0 Å². The highest BCUT2D eigenvalue weighted by Gasteiger charge is 2.15. The maximum atomic E-state index is 11.1. The van der Waals surface area contributed by atoms with E-state index in [0.717, 1.165) is 6.54 Å². The fourth-order valence-electron chi connectivity index (χ4n) is 0.810. The summed E-state index contributed by atoms with van der Waals surface area (Å²) in [6, 6.07) is 0. The predicted molar refractivity (Wildman–Crippen MR) is 102 cm³/mol. The van der Waals surface area contributed by atoms with Crippen molar-refractivity contribution in [1.29, 1.82) is 0 Å². The molecule has 0 unspecified atom stereocenters. The molecule has 0 radical (unpaired) electrons. The molecular formula is C18H42N2O3. The Labute approximate surface area is 145 Å². The molecule has 0 amide bonds. The second kappa shape index (κ2) is 19.1. The van der Waals surface area contributed by atoms with Crippen molar-refractivity contribution in [3.8, 4) is 0 Å². The lowest BCUT2D eigenvalue weighted by molar-refractivity contribution is -0.154. The third-order valence-electron chi connectivity index (χ3n) is 1.86. The molecule has 142 valence electrons. The Morgan fingerprint density at radius 3 is 1.65 bits per heavy atom. The zero-order valence-electron chi connectivity index (χ0n) is 17.0. The summed E-state index contributed by atoms with van der Waals surface area (Å²) in [7, 11) is 1.71. The number of esters is 1. The highest BCUT2D eigenvalue weighted by Crippen LogP contribution is 2.07. The number of nitrogens with two attached hydrogens (primary N) is 1. The summed E-state index contributed by atoms with van der Waals surface area (Å²) in [6.45, 7) is 23.6. The molecular weight excluding hydrogens is 292 g/mol. The molecule has 0 aromatic carbocycles.